The van der Waals surface area contributed by atoms with Crippen molar-refractivity contribution in [3.05, 3.63) is 29.3 Å². The van der Waals surface area contributed by atoms with Crippen molar-refractivity contribution in [3.63, 3.8) is 0 Å². The van der Waals surface area contributed by atoms with Gasteiger partial charge in [0.05, 0.1) is 12.6 Å². The van der Waals surface area contributed by atoms with Crippen LogP contribution in [0.1, 0.15) is 50.7 Å². The van der Waals surface area contributed by atoms with Gasteiger partial charge in [0.15, 0.2) is 0 Å². The Bertz CT molecular complexity index is 624. The molecular weight excluding hydrogens is 326 g/mol. The zero-order chi connectivity index (χ0) is 19.3. The fourth-order valence-corrected chi connectivity index (χ4v) is 3.70. The number of likely N-dealkylation sites (N-methyl/N-ethyl adjacent to an activating group) is 1. The number of amides is 2. The molecule has 0 radical (unpaired) electrons. The number of nitrogens with zero attached hydrogens (tertiary/aromatic N) is 2. The summed E-state index contributed by atoms with van der Waals surface area (Å²) in [5.74, 6) is 0.0501. The van der Waals surface area contributed by atoms with E-state index in [-0.39, 0.29) is 24.4 Å². The topological polar surface area (TPSA) is 52.7 Å². The summed E-state index contributed by atoms with van der Waals surface area (Å²) in [5, 5.41) is 3.00. The molecule has 1 N–H and O–H groups in total. The summed E-state index contributed by atoms with van der Waals surface area (Å²) in [6, 6.07) is 6.00. The Morgan fingerprint density at radius 3 is 2.54 bits per heavy atom. The molecule has 5 heteroatoms. The van der Waals surface area contributed by atoms with Crippen molar-refractivity contribution in [2.24, 2.45) is 0 Å². The Labute approximate surface area is 157 Å². The zero-order valence-electron chi connectivity index (χ0n) is 16.8. The molecule has 0 aromatic heterocycles. The molecule has 2 amide bonds. The molecule has 0 bridgehead atoms. The van der Waals surface area contributed by atoms with Gasteiger partial charge in [0.2, 0.25) is 11.8 Å². The third kappa shape index (κ3) is 4.85. The van der Waals surface area contributed by atoms with Crippen LogP contribution in [0.2, 0.25) is 0 Å². The van der Waals surface area contributed by atoms with Gasteiger partial charge >= 0.3 is 0 Å². The van der Waals surface area contributed by atoms with Gasteiger partial charge in [0, 0.05) is 18.3 Å². The third-order valence-corrected chi connectivity index (χ3v) is 5.54. The molecule has 1 aliphatic rings. The SMILES string of the molecule is CCC1CCCCN1C(=O)C(C)N(C)CC(=O)Nc1c(C)cccc1C. The highest BCUT2D eigenvalue weighted by molar-refractivity contribution is 5.94. The largest absolute Gasteiger partial charge is 0.338 e. The van der Waals surface area contributed by atoms with E-state index in [1.807, 2.05) is 55.8 Å². The summed E-state index contributed by atoms with van der Waals surface area (Å²) >= 11 is 0. The lowest BCUT2D eigenvalue weighted by Gasteiger charge is -2.38. The maximum atomic E-state index is 12.9. The average Bonchev–Trinajstić information content (AvgIpc) is 2.63. The van der Waals surface area contributed by atoms with Crippen LogP contribution >= 0.6 is 0 Å². The summed E-state index contributed by atoms with van der Waals surface area (Å²) in [6.07, 6.45) is 4.36. The molecule has 1 fully saturated rings. The van der Waals surface area contributed by atoms with Gasteiger partial charge in [0.25, 0.3) is 0 Å². The molecule has 144 valence electrons. The number of para-hydroxylation sites is 1. The Hall–Kier alpha value is -1.88. The monoisotopic (exact) mass is 359 g/mol. The number of benzene rings is 1. The third-order valence-electron chi connectivity index (χ3n) is 5.54. The number of carbonyl (C=O) groups is 2. The van der Waals surface area contributed by atoms with E-state index < -0.39 is 0 Å². The molecule has 0 saturated carbocycles. The van der Waals surface area contributed by atoms with Crippen molar-refractivity contribution in [2.75, 3.05) is 25.5 Å². The summed E-state index contributed by atoms with van der Waals surface area (Å²) in [4.78, 5) is 29.2. The molecule has 1 aromatic carbocycles. The van der Waals surface area contributed by atoms with Crippen LogP contribution in [0.5, 0.6) is 0 Å². The number of nitrogens with one attached hydrogen (secondary N) is 1. The lowest BCUT2D eigenvalue weighted by atomic mass is 9.99. The van der Waals surface area contributed by atoms with Crippen LogP contribution in [0.3, 0.4) is 0 Å². The van der Waals surface area contributed by atoms with Crippen molar-refractivity contribution >= 4 is 17.5 Å². The van der Waals surface area contributed by atoms with E-state index in [4.69, 9.17) is 0 Å². The zero-order valence-corrected chi connectivity index (χ0v) is 16.8. The lowest BCUT2D eigenvalue weighted by molar-refractivity contribution is -0.140. The number of hydrogen-bond acceptors (Lipinski definition) is 3. The first-order valence-corrected chi connectivity index (χ1v) is 9.72. The van der Waals surface area contributed by atoms with E-state index >= 15 is 0 Å². The number of aryl methyl sites for hydroxylation is 2. The van der Waals surface area contributed by atoms with Crippen LogP contribution in [0.4, 0.5) is 5.69 Å². The smallest absolute Gasteiger partial charge is 0.239 e. The number of carbonyl (C=O) groups excluding carboxylic acids is 2. The molecule has 1 aromatic rings. The van der Waals surface area contributed by atoms with Crippen molar-refractivity contribution in [1.82, 2.24) is 9.80 Å². The summed E-state index contributed by atoms with van der Waals surface area (Å²) in [7, 11) is 1.84. The minimum Gasteiger partial charge on any atom is -0.338 e. The molecule has 2 atom stereocenters. The molecular formula is C21H33N3O2. The highest BCUT2D eigenvalue weighted by Gasteiger charge is 2.30. The quantitative estimate of drug-likeness (QED) is 0.847. The van der Waals surface area contributed by atoms with Gasteiger partial charge in [-0.05, 0) is 64.6 Å². The average molecular weight is 360 g/mol. The molecule has 1 saturated heterocycles. The molecule has 0 spiro atoms. The van der Waals surface area contributed by atoms with Crippen LogP contribution in [0.15, 0.2) is 18.2 Å². The Balaban J connectivity index is 1.96. The fraction of sp³-hybridized carbons (Fsp3) is 0.619. The first-order chi connectivity index (χ1) is 12.3. The number of likely N-dealkylation sites (tertiary alicyclic amines) is 1. The van der Waals surface area contributed by atoms with Gasteiger partial charge in [-0.2, -0.15) is 0 Å². The summed E-state index contributed by atoms with van der Waals surface area (Å²) in [5.41, 5.74) is 2.96. The van der Waals surface area contributed by atoms with Gasteiger partial charge in [-0.1, -0.05) is 25.1 Å². The highest BCUT2D eigenvalue weighted by atomic mass is 16.2. The van der Waals surface area contributed by atoms with Gasteiger partial charge in [-0.3, -0.25) is 14.5 Å². The number of hydrogen-bond donors (Lipinski definition) is 1. The fourth-order valence-electron chi connectivity index (χ4n) is 3.70. The maximum absolute atomic E-state index is 12.9. The summed E-state index contributed by atoms with van der Waals surface area (Å²) < 4.78 is 0. The standard InChI is InChI=1S/C21H33N3O2/c1-6-18-12-7-8-13-24(18)21(26)17(4)23(5)14-19(25)22-20-15(2)10-9-11-16(20)3/h9-11,17-18H,6-8,12-14H2,1-5H3,(H,22,25). The highest BCUT2D eigenvalue weighted by Crippen LogP contribution is 2.22. The van der Waals surface area contributed by atoms with Gasteiger partial charge in [-0.25, -0.2) is 0 Å². The van der Waals surface area contributed by atoms with Crippen LogP contribution in [-0.4, -0.2) is 53.8 Å². The number of piperidine rings is 1. The molecule has 2 rings (SSSR count). The van der Waals surface area contributed by atoms with Crippen molar-refractivity contribution in [2.45, 2.75) is 65.5 Å². The molecule has 26 heavy (non-hydrogen) atoms. The maximum Gasteiger partial charge on any atom is 0.239 e. The van der Waals surface area contributed by atoms with E-state index in [9.17, 15) is 9.59 Å². The first kappa shape index (κ1) is 20.4. The Morgan fingerprint density at radius 1 is 1.27 bits per heavy atom. The number of anilines is 1. The second kappa shape index (κ2) is 9.17. The second-order valence-electron chi connectivity index (χ2n) is 7.50. The van der Waals surface area contributed by atoms with E-state index in [0.717, 1.165) is 42.6 Å². The van der Waals surface area contributed by atoms with E-state index in [1.54, 1.807) is 0 Å². The van der Waals surface area contributed by atoms with Crippen molar-refractivity contribution in [3.8, 4) is 0 Å². The van der Waals surface area contributed by atoms with Gasteiger partial charge < -0.3 is 10.2 Å². The van der Waals surface area contributed by atoms with Crippen LogP contribution in [0.25, 0.3) is 0 Å². The van der Waals surface area contributed by atoms with E-state index in [2.05, 4.69) is 12.2 Å². The van der Waals surface area contributed by atoms with Crippen molar-refractivity contribution < 1.29 is 9.59 Å². The minimum absolute atomic E-state index is 0.0877. The first-order valence-electron chi connectivity index (χ1n) is 9.72. The normalized spacial score (nSPS) is 18.7. The molecule has 0 aliphatic carbocycles. The molecule has 2 unspecified atom stereocenters. The predicted molar refractivity (Wildman–Crippen MR) is 106 cm³/mol. The van der Waals surface area contributed by atoms with Crippen molar-refractivity contribution in [1.29, 1.82) is 0 Å². The summed E-state index contributed by atoms with van der Waals surface area (Å²) in [6.45, 7) is 9.05. The van der Waals surface area contributed by atoms with Gasteiger partial charge in [-0.15, -0.1) is 0 Å². The lowest BCUT2D eigenvalue weighted by Crippen LogP contribution is -2.52. The predicted octanol–water partition coefficient (Wildman–Crippen LogP) is 3.35. The number of rotatable bonds is 6. The van der Waals surface area contributed by atoms with Crippen LogP contribution in [-0.2, 0) is 9.59 Å². The second-order valence-corrected chi connectivity index (χ2v) is 7.50. The van der Waals surface area contributed by atoms with Crippen LogP contribution in [0, 0.1) is 13.8 Å². The Kier molecular flexibility index (Phi) is 7.21. The van der Waals surface area contributed by atoms with E-state index in [0.29, 0.717) is 6.04 Å². The molecule has 1 aliphatic heterocycles. The molecule has 5 nitrogen and oxygen atoms in total. The van der Waals surface area contributed by atoms with Crippen LogP contribution < -0.4 is 5.32 Å². The van der Waals surface area contributed by atoms with E-state index in [1.165, 1.54) is 6.42 Å². The molecule has 1 heterocycles. The minimum atomic E-state index is -0.300. The Morgan fingerprint density at radius 2 is 1.92 bits per heavy atom. The van der Waals surface area contributed by atoms with Gasteiger partial charge in [0.1, 0.15) is 0 Å².